The van der Waals surface area contributed by atoms with Crippen LogP contribution in [-0.2, 0) is 0 Å². The van der Waals surface area contributed by atoms with E-state index in [4.69, 9.17) is 13.9 Å². The highest BCUT2D eigenvalue weighted by molar-refractivity contribution is 9.10. The van der Waals surface area contributed by atoms with Gasteiger partial charge in [-0.25, -0.2) is 0 Å². The largest absolute Gasteiger partial charge is 0.496 e. The summed E-state index contributed by atoms with van der Waals surface area (Å²) in [6, 6.07) is 19.1. The van der Waals surface area contributed by atoms with E-state index < -0.39 is 0 Å². The highest BCUT2D eigenvalue weighted by Gasteiger charge is 2.24. The maximum atomic E-state index is 13.4. The molecule has 6 nitrogen and oxygen atoms in total. The van der Waals surface area contributed by atoms with Gasteiger partial charge in [0.25, 0.3) is 5.91 Å². The molecule has 0 unspecified atom stereocenters. The van der Waals surface area contributed by atoms with Gasteiger partial charge in [0.05, 0.1) is 23.9 Å². The fourth-order valence-corrected chi connectivity index (χ4v) is 4.03. The second-order valence-electron chi connectivity index (χ2n) is 7.66. The van der Waals surface area contributed by atoms with Gasteiger partial charge < -0.3 is 19.2 Å². The molecule has 0 spiro atoms. The Kier molecular flexibility index (Phi) is 7.33. The van der Waals surface area contributed by atoms with Crippen LogP contribution in [0.4, 0.5) is 5.69 Å². The lowest BCUT2D eigenvalue weighted by Gasteiger charge is -2.09. The third-order valence-electron chi connectivity index (χ3n) is 5.34. The molecular formula is C27H24BrNO5. The van der Waals surface area contributed by atoms with Crippen LogP contribution >= 0.6 is 15.9 Å². The Hall–Kier alpha value is -3.58. The van der Waals surface area contributed by atoms with Gasteiger partial charge in [-0.2, -0.15) is 0 Å². The third kappa shape index (κ3) is 4.99. The van der Waals surface area contributed by atoms with E-state index in [-0.39, 0.29) is 17.5 Å². The molecule has 1 N–H and O–H groups in total. The molecule has 0 radical (unpaired) electrons. The number of anilines is 1. The lowest BCUT2D eigenvalue weighted by atomic mass is 10.1. The number of carbonyl (C=O) groups is 2. The number of hydrogen-bond donors (Lipinski definition) is 1. The summed E-state index contributed by atoms with van der Waals surface area (Å²) in [7, 11) is 1.55. The summed E-state index contributed by atoms with van der Waals surface area (Å²) in [5, 5.41) is 3.52. The van der Waals surface area contributed by atoms with Gasteiger partial charge in [0.2, 0.25) is 5.78 Å². The Morgan fingerprint density at radius 1 is 1.00 bits per heavy atom. The Bertz CT molecular complexity index is 1330. The predicted molar refractivity (Wildman–Crippen MR) is 135 cm³/mol. The lowest BCUT2D eigenvalue weighted by molar-refractivity contribution is 0.101. The number of nitrogens with one attached hydrogen (secondary N) is 1. The van der Waals surface area contributed by atoms with E-state index in [1.54, 1.807) is 61.7 Å². The normalized spacial score (nSPS) is 10.8. The van der Waals surface area contributed by atoms with E-state index in [2.05, 4.69) is 28.2 Å². The average Bonchev–Trinajstić information content (AvgIpc) is 3.22. The zero-order valence-corrected chi connectivity index (χ0v) is 20.5. The molecule has 174 valence electrons. The molecule has 7 heteroatoms. The van der Waals surface area contributed by atoms with Crippen molar-refractivity contribution in [1.29, 1.82) is 0 Å². The van der Waals surface area contributed by atoms with Gasteiger partial charge in [-0.05, 0) is 76.9 Å². The Morgan fingerprint density at radius 2 is 1.74 bits per heavy atom. The SMILES string of the molecule is CCCCOc1ccc(C(=O)Nc2c(C(=O)c3ccc(OC)c(Br)c3)oc3ccccc23)cc1. The number of unbranched alkanes of at least 4 members (excludes halogenated alkanes) is 1. The maximum absolute atomic E-state index is 13.4. The number of methoxy groups -OCH3 is 1. The quantitative estimate of drug-likeness (QED) is 0.192. The number of halogens is 1. The van der Waals surface area contributed by atoms with Crippen molar-refractivity contribution < 1.29 is 23.5 Å². The van der Waals surface area contributed by atoms with Gasteiger partial charge in [0.15, 0.2) is 5.76 Å². The van der Waals surface area contributed by atoms with Gasteiger partial charge >= 0.3 is 0 Å². The number of fused-ring (bicyclic) bond motifs is 1. The molecular weight excluding hydrogens is 498 g/mol. The summed E-state index contributed by atoms with van der Waals surface area (Å²) in [4.78, 5) is 26.4. The molecule has 0 aliphatic heterocycles. The second kappa shape index (κ2) is 10.6. The Labute approximate surface area is 206 Å². The number of amides is 1. The molecule has 0 fully saturated rings. The highest BCUT2D eigenvalue weighted by Crippen LogP contribution is 2.34. The molecule has 1 aromatic heterocycles. The first-order valence-corrected chi connectivity index (χ1v) is 11.7. The van der Waals surface area contributed by atoms with Crippen molar-refractivity contribution in [1.82, 2.24) is 0 Å². The fraction of sp³-hybridized carbons (Fsp3) is 0.185. The summed E-state index contributed by atoms with van der Waals surface area (Å²) < 4.78 is 17.4. The first-order chi connectivity index (χ1) is 16.5. The van der Waals surface area contributed by atoms with Crippen LogP contribution in [0, 0.1) is 0 Å². The van der Waals surface area contributed by atoms with Gasteiger partial charge in [-0.1, -0.05) is 25.5 Å². The van der Waals surface area contributed by atoms with E-state index >= 15 is 0 Å². The van der Waals surface area contributed by atoms with Crippen LogP contribution in [0.15, 0.2) is 75.6 Å². The van der Waals surface area contributed by atoms with Crippen LogP contribution in [0.5, 0.6) is 11.5 Å². The first-order valence-electron chi connectivity index (χ1n) is 11.0. The molecule has 0 saturated heterocycles. The molecule has 1 amide bonds. The molecule has 0 aliphatic carbocycles. The summed E-state index contributed by atoms with van der Waals surface area (Å²) in [5.74, 6) is 0.675. The smallest absolute Gasteiger partial charge is 0.255 e. The minimum Gasteiger partial charge on any atom is -0.496 e. The van der Waals surface area contributed by atoms with Gasteiger partial charge in [0, 0.05) is 16.5 Å². The van der Waals surface area contributed by atoms with Crippen LogP contribution < -0.4 is 14.8 Å². The van der Waals surface area contributed by atoms with Crippen LogP contribution in [0.25, 0.3) is 11.0 Å². The second-order valence-corrected chi connectivity index (χ2v) is 8.52. The van der Waals surface area contributed by atoms with Crippen LogP contribution in [-0.4, -0.2) is 25.4 Å². The number of ketones is 1. The molecule has 0 aliphatic rings. The molecule has 0 atom stereocenters. The zero-order chi connectivity index (χ0) is 24.1. The summed E-state index contributed by atoms with van der Waals surface area (Å²) >= 11 is 3.41. The highest BCUT2D eigenvalue weighted by atomic mass is 79.9. The summed E-state index contributed by atoms with van der Waals surface area (Å²) in [5.41, 5.74) is 1.68. The lowest BCUT2D eigenvalue weighted by Crippen LogP contribution is -2.14. The van der Waals surface area contributed by atoms with E-state index in [9.17, 15) is 9.59 Å². The van der Waals surface area contributed by atoms with E-state index in [0.29, 0.717) is 50.4 Å². The van der Waals surface area contributed by atoms with Crippen molar-refractivity contribution in [2.45, 2.75) is 19.8 Å². The monoisotopic (exact) mass is 521 g/mol. The van der Waals surface area contributed by atoms with Crippen LogP contribution in [0.1, 0.15) is 46.2 Å². The van der Waals surface area contributed by atoms with E-state index in [1.165, 1.54) is 0 Å². The Morgan fingerprint density at radius 3 is 2.44 bits per heavy atom. The maximum Gasteiger partial charge on any atom is 0.255 e. The average molecular weight is 522 g/mol. The van der Waals surface area contributed by atoms with Crippen molar-refractivity contribution in [3.05, 3.63) is 88.1 Å². The topological polar surface area (TPSA) is 77.8 Å². The van der Waals surface area contributed by atoms with Crippen molar-refractivity contribution in [2.24, 2.45) is 0 Å². The van der Waals surface area contributed by atoms with E-state index in [0.717, 1.165) is 12.8 Å². The number of hydrogen-bond acceptors (Lipinski definition) is 5. The molecule has 1 heterocycles. The number of ether oxygens (including phenoxy) is 2. The van der Waals surface area contributed by atoms with Crippen LogP contribution in [0.3, 0.4) is 0 Å². The molecule has 4 rings (SSSR count). The molecule has 4 aromatic rings. The predicted octanol–water partition coefficient (Wildman–Crippen LogP) is 6.87. The summed E-state index contributed by atoms with van der Waals surface area (Å²) in [6.45, 7) is 2.73. The van der Waals surface area contributed by atoms with Crippen molar-refractivity contribution >= 4 is 44.3 Å². The van der Waals surface area contributed by atoms with Gasteiger partial charge in [-0.3, -0.25) is 9.59 Å². The molecule has 0 bridgehead atoms. The van der Waals surface area contributed by atoms with Gasteiger partial charge in [0.1, 0.15) is 17.1 Å². The number of furan rings is 1. The summed E-state index contributed by atoms with van der Waals surface area (Å²) in [6.07, 6.45) is 2.02. The Balaban J connectivity index is 1.63. The van der Waals surface area contributed by atoms with Gasteiger partial charge in [-0.15, -0.1) is 0 Å². The van der Waals surface area contributed by atoms with Crippen molar-refractivity contribution in [3.8, 4) is 11.5 Å². The number of carbonyl (C=O) groups excluding carboxylic acids is 2. The van der Waals surface area contributed by atoms with Crippen molar-refractivity contribution in [3.63, 3.8) is 0 Å². The number of rotatable bonds is 9. The standard InChI is InChI=1S/C27H24BrNO5/c1-3-4-15-33-19-12-9-17(10-13-19)27(31)29-24-20-7-5-6-8-22(20)34-26(24)25(30)18-11-14-23(32-2)21(28)16-18/h5-14,16H,3-4,15H2,1-2H3,(H,29,31). The minimum absolute atomic E-state index is 0.0612. The number of para-hydroxylation sites is 1. The molecule has 3 aromatic carbocycles. The van der Waals surface area contributed by atoms with E-state index in [1.807, 2.05) is 12.1 Å². The number of benzene rings is 3. The minimum atomic E-state index is -0.352. The first kappa shape index (κ1) is 23.6. The third-order valence-corrected chi connectivity index (χ3v) is 5.96. The zero-order valence-electron chi connectivity index (χ0n) is 18.9. The molecule has 34 heavy (non-hydrogen) atoms. The van der Waals surface area contributed by atoms with Crippen molar-refractivity contribution in [2.75, 3.05) is 19.0 Å². The fourth-order valence-electron chi connectivity index (χ4n) is 3.49. The van der Waals surface area contributed by atoms with Crippen LogP contribution in [0.2, 0.25) is 0 Å². The molecule has 0 saturated carbocycles.